The Morgan fingerprint density at radius 3 is 2.43 bits per heavy atom. The molecule has 0 bridgehead atoms. The molecule has 0 saturated carbocycles. The summed E-state index contributed by atoms with van der Waals surface area (Å²) in [5.41, 5.74) is 4.34. The van der Waals surface area contributed by atoms with Crippen molar-refractivity contribution in [3.05, 3.63) is 81.8 Å². The van der Waals surface area contributed by atoms with Crippen LogP contribution in [0.4, 0.5) is 11.4 Å². The van der Waals surface area contributed by atoms with Gasteiger partial charge in [0.25, 0.3) is 15.9 Å². The summed E-state index contributed by atoms with van der Waals surface area (Å²) in [6, 6.07) is 17.9. The van der Waals surface area contributed by atoms with Crippen LogP contribution in [0.25, 0.3) is 0 Å². The fraction of sp³-hybridized carbons (Fsp3) is 0.167. The van der Waals surface area contributed by atoms with Gasteiger partial charge in [-0.05, 0) is 64.0 Å². The van der Waals surface area contributed by atoms with Gasteiger partial charge in [0.05, 0.1) is 34.6 Å². The SMILES string of the molecule is COc1ccc(N(CC(=O)N/N=C/c2ccc(N(C)C)c(Br)c2)S(=O)(=O)c2ccccc2)cc1Cl. The van der Waals surface area contributed by atoms with Gasteiger partial charge in [-0.15, -0.1) is 0 Å². The molecule has 8 nitrogen and oxygen atoms in total. The molecular formula is C24H24BrClN4O4S. The summed E-state index contributed by atoms with van der Waals surface area (Å²) < 4.78 is 33.7. The minimum Gasteiger partial charge on any atom is -0.495 e. The molecule has 0 aliphatic rings. The van der Waals surface area contributed by atoms with Gasteiger partial charge in [-0.2, -0.15) is 5.10 Å². The lowest BCUT2D eigenvalue weighted by molar-refractivity contribution is -0.119. The van der Waals surface area contributed by atoms with Gasteiger partial charge in [0, 0.05) is 18.6 Å². The van der Waals surface area contributed by atoms with Crippen molar-refractivity contribution in [1.82, 2.24) is 5.43 Å². The molecule has 0 saturated heterocycles. The number of sulfonamides is 1. The molecule has 0 atom stereocenters. The van der Waals surface area contributed by atoms with Crippen LogP contribution < -0.4 is 19.4 Å². The van der Waals surface area contributed by atoms with Crippen molar-refractivity contribution in [2.45, 2.75) is 4.90 Å². The Bertz CT molecular complexity index is 1330. The molecular weight excluding hydrogens is 556 g/mol. The van der Waals surface area contributed by atoms with E-state index in [9.17, 15) is 13.2 Å². The van der Waals surface area contributed by atoms with Crippen LogP contribution in [-0.2, 0) is 14.8 Å². The van der Waals surface area contributed by atoms with Crippen LogP contribution in [0.15, 0.2) is 81.2 Å². The zero-order chi connectivity index (χ0) is 25.6. The Morgan fingerprint density at radius 2 is 1.83 bits per heavy atom. The highest BCUT2D eigenvalue weighted by Crippen LogP contribution is 2.32. The van der Waals surface area contributed by atoms with Gasteiger partial charge in [-0.25, -0.2) is 13.8 Å². The summed E-state index contributed by atoms with van der Waals surface area (Å²) in [6.07, 6.45) is 1.47. The lowest BCUT2D eigenvalue weighted by Crippen LogP contribution is -2.39. The van der Waals surface area contributed by atoms with Gasteiger partial charge >= 0.3 is 0 Å². The van der Waals surface area contributed by atoms with Crippen molar-refractivity contribution >= 4 is 61.1 Å². The lowest BCUT2D eigenvalue weighted by atomic mass is 10.2. The molecule has 0 spiro atoms. The quantitative estimate of drug-likeness (QED) is 0.297. The molecule has 184 valence electrons. The zero-order valence-electron chi connectivity index (χ0n) is 19.3. The molecule has 0 aliphatic heterocycles. The van der Waals surface area contributed by atoms with Crippen molar-refractivity contribution < 1.29 is 17.9 Å². The molecule has 35 heavy (non-hydrogen) atoms. The van der Waals surface area contributed by atoms with E-state index < -0.39 is 22.5 Å². The maximum absolute atomic E-state index is 13.4. The van der Waals surface area contributed by atoms with Gasteiger partial charge in [-0.3, -0.25) is 9.10 Å². The Morgan fingerprint density at radius 1 is 1.11 bits per heavy atom. The summed E-state index contributed by atoms with van der Waals surface area (Å²) in [5, 5.41) is 4.19. The van der Waals surface area contributed by atoms with E-state index in [0.717, 1.165) is 20.0 Å². The number of ether oxygens (including phenoxy) is 1. The second kappa shape index (κ2) is 11.6. The summed E-state index contributed by atoms with van der Waals surface area (Å²) in [5.74, 6) is -0.246. The smallest absolute Gasteiger partial charge is 0.264 e. The van der Waals surface area contributed by atoms with Crippen LogP contribution in [0.1, 0.15) is 5.56 Å². The van der Waals surface area contributed by atoms with E-state index >= 15 is 0 Å². The molecule has 0 aromatic heterocycles. The fourth-order valence-electron chi connectivity index (χ4n) is 3.16. The number of amides is 1. The number of methoxy groups -OCH3 is 1. The standard InChI is InChI=1S/C24H24BrClN4O4S/c1-29(2)22-11-9-17(13-20(22)25)15-27-28-24(31)16-30(18-10-12-23(34-3)21(26)14-18)35(32,33)19-7-5-4-6-8-19/h4-15H,16H2,1-3H3,(H,28,31)/b27-15+. The molecule has 0 radical (unpaired) electrons. The maximum Gasteiger partial charge on any atom is 0.264 e. The summed E-state index contributed by atoms with van der Waals surface area (Å²) >= 11 is 9.73. The van der Waals surface area contributed by atoms with E-state index in [1.807, 2.05) is 37.2 Å². The molecule has 0 fully saturated rings. The average molecular weight is 580 g/mol. The summed E-state index contributed by atoms with van der Waals surface area (Å²) in [6.45, 7) is -0.513. The molecule has 0 unspecified atom stereocenters. The Labute approximate surface area is 218 Å². The number of hydrogen-bond donors (Lipinski definition) is 1. The average Bonchev–Trinajstić information content (AvgIpc) is 2.83. The normalized spacial score (nSPS) is 11.3. The Hall–Kier alpha value is -3.08. The molecule has 3 rings (SSSR count). The van der Waals surface area contributed by atoms with Crippen LogP contribution in [0.3, 0.4) is 0 Å². The Balaban J connectivity index is 1.83. The predicted octanol–water partition coefficient (Wildman–Crippen LogP) is 4.52. The first-order valence-electron chi connectivity index (χ1n) is 10.3. The minimum atomic E-state index is -4.07. The number of anilines is 2. The number of hydrazone groups is 1. The zero-order valence-corrected chi connectivity index (χ0v) is 22.4. The third-order valence-corrected chi connectivity index (χ3v) is 7.62. The highest BCUT2D eigenvalue weighted by molar-refractivity contribution is 9.10. The molecule has 1 amide bonds. The first-order valence-corrected chi connectivity index (χ1v) is 12.9. The molecule has 1 N–H and O–H groups in total. The highest BCUT2D eigenvalue weighted by atomic mass is 79.9. The number of rotatable bonds is 9. The van der Waals surface area contributed by atoms with Gasteiger partial charge < -0.3 is 9.64 Å². The largest absolute Gasteiger partial charge is 0.495 e. The number of nitrogens with zero attached hydrogens (tertiary/aromatic N) is 3. The van der Waals surface area contributed by atoms with E-state index in [1.54, 1.807) is 18.2 Å². The van der Waals surface area contributed by atoms with Crippen molar-refractivity contribution in [3.63, 3.8) is 0 Å². The van der Waals surface area contributed by atoms with Gasteiger partial charge in [0.15, 0.2) is 0 Å². The monoisotopic (exact) mass is 578 g/mol. The van der Waals surface area contributed by atoms with E-state index in [4.69, 9.17) is 16.3 Å². The van der Waals surface area contributed by atoms with Crippen molar-refractivity contribution in [2.75, 3.05) is 37.0 Å². The van der Waals surface area contributed by atoms with E-state index in [1.165, 1.54) is 43.7 Å². The second-order valence-electron chi connectivity index (χ2n) is 7.54. The van der Waals surface area contributed by atoms with Crippen molar-refractivity contribution in [3.8, 4) is 5.75 Å². The topological polar surface area (TPSA) is 91.3 Å². The van der Waals surface area contributed by atoms with E-state index in [2.05, 4.69) is 26.5 Å². The highest BCUT2D eigenvalue weighted by Gasteiger charge is 2.27. The van der Waals surface area contributed by atoms with Gasteiger partial charge in [0.2, 0.25) is 0 Å². The number of benzene rings is 3. The first-order chi connectivity index (χ1) is 16.6. The molecule has 11 heteroatoms. The van der Waals surface area contributed by atoms with E-state index in [0.29, 0.717) is 5.75 Å². The van der Waals surface area contributed by atoms with Crippen LogP contribution in [0.5, 0.6) is 5.75 Å². The summed E-state index contributed by atoms with van der Waals surface area (Å²) in [7, 11) is 1.24. The molecule has 0 aliphatic carbocycles. The van der Waals surface area contributed by atoms with Crippen LogP contribution in [0, 0.1) is 0 Å². The molecule has 3 aromatic carbocycles. The molecule has 0 heterocycles. The van der Waals surface area contributed by atoms with Crippen molar-refractivity contribution in [2.24, 2.45) is 5.10 Å². The number of carbonyl (C=O) groups is 1. The van der Waals surface area contributed by atoms with Crippen molar-refractivity contribution in [1.29, 1.82) is 0 Å². The van der Waals surface area contributed by atoms with Crippen LogP contribution >= 0.6 is 27.5 Å². The third-order valence-electron chi connectivity index (χ3n) is 4.90. The fourth-order valence-corrected chi connectivity index (χ4v) is 5.59. The number of hydrogen-bond acceptors (Lipinski definition) is 6. The summed E-state index contributed by atoms with van der Waals surface area (Å²) in [4.78, 5) is 14.7. The van der Waals surface area contributed by atoms with E-state index in [-0.39, 0.29) is 15.6 Å². The lowest BCUT2D eigenvalue weighted by Gasteiger charge is -2.24. The third kappa shape index (κ3) is 6.53. The first kappa shape index (κ1) is 26.5. The minimum absolute atomic E-state index is 0.0362. The number of carbonyl (C=O) groups excluding carboxylic acids is 1. The van der Waals surface area contributed by atoms with Crippen LogP contribution in [0.2, 0.25) is 5.02 Å². The predicted molar refractivity (Wildman–Crippen MR) is 143 cm³/mol. The van der Waals surface area contributed by atoms with Gasteiger partial charge in [-0.1, -0.05) is 35.9 Å². The van der Waals surface area contributed by atoms with Crippen LogP contribution in [-0.4, -0.2) is 48.3 Å². The molecule has 3 aromatic rings. The second-order valence-corrected chi connectivity index (χ2v) is 10.7. The Kier molecular flexibility index (Phi) is 8.76. The maximum atomic E-state index is 13.4. The number of halogens is 2. The number of nitrogens with one attached hydrogen (secondary N) is 1. The van der Waals surface area contributed by atoms with Gasteiger partial charge in [0.1, 0.15) is 12.3 Å².